The van der Waals surface area contributed by atoms with Crippen LogP contribution in [-0.4, -0.2) is 23.2 Å². The highest BCUT2D eigenvalue weighted by atomic mass is 19.4. The molecule has 0 aliphatic heterocycles. The van der Waals surface area contributed by atoms with Crippen LogP contribution in [0.15, 0.2) is 42.5 Å². The highest BCUT2D eigenvalue weighted by molar-refractivity contribution is 5.91. The average Bonchev–Trinajstić information content (AvgIpc) is 2.58. The van der Waals surface area contributed by atoms with Crippen molar-refractivity contribution in [2.45, 2.75) is 19.6 Å². The Bertz CT molecular complexity index is 773. The van der Waals surface area contributed by atoms with Crippen LogP contribution in [0.1, 0.15) is 21.5 Å². The maximum absolute atomic E-state index is 13.1. The monoisotopic (exact) mass is 373 g/mol. The molecule has 9 heteroatoms. The van der Waals surface area contributed by atoms with Gasteiger partial charge in [0.25, 0.3) is 0 Å². The van der Waals surface area contributed by atoms with E-state index in [0.29, 0.717) is 23.4 Å². The van der Waals surface area contributed by atoms with E-state index in [2.05, 4.69) is 0 Å². The van der Waals surface area contributed by atoms with Gasteiger partial charge in [-0.3, -0.25) is 0 Å². The van der Waals surface area contributed by atoms with Gasteiger partial charge in [0, 0.05) is 6.54 Å². The van der Waals surface area contributed by atoms with E-state index in [1.165, 1.54) is 18.2 Å². The molecule has 0 aliphatic rings. The molecule has 0 unspecified atom stereocenters. The summed E-state index contributed by atoms with van der Waals surface area (Å²) in [4.78, 5) is 20.8. The number of carbonyl (C=O) groups is 2. The van der Waals surface area contributed by atoms with Gasteiger partial charge in [0.15, 0.2) is 0 Å². The highest BCUT2D eigenvalue weighted by Crippen LogP contribution is 2.17. The van der Waals surface area contributed by atoms with Crippen molar-refractivity contribution < 1.29 is 37.0 Å². The van der Waals surface area contributed by atoms with Crippen LogP contribution in [-0.2, 0) is 11.3 Å². The molecule has 0 fully saturated rings. The van der Waals surface area contributed by atoms with Gasteiger partial charge in [0.2, 0.25) is 0 Å². The summed E-state index contributed by atoms with van der Waals surface area (Å²) in [5.74, 6) is -3.24. The highest BCUT2D eigenvalue weighted by Gasteiger charge is 2.38. The lowest BCUT2D eigenvalue weighted by molar-refractivity contribution is -0.192. The number of halogens is 4. The smallest absolute Gasteiger partial charge is 0.475 e. The van der Waals surface area contributed by atoms with Crippen molar-refractivity contribution in [1.29, 1.82) is 0 Å². The van der Waals surface area contributed by atoms with Crippen LogP contribution < -0.4 is 10.5 Å². The summed E-state index contributed by atoms with van der Waals surface area (Å²) >= 11 is 0. The van der Waals surface area contributed by atoms with E-state index in [9.17, 15) is 22.4 Å². The van der Waals surface area contributed by atoms with Crippen molar-refractivity contribution >= 4 is 11.9 Å². The second-order valence-electron chi connectivity index (χ2n) is 5.00. The Kier molecular flexibility index (Phi) is 7.27. The molecular formula is C17H15F4NO4. The molecular weight excluding hydrogens is 358 g/mol. The standard InChI is InChI=1S/C15H14FNO2.C2HF3O2/c1-10-8-13(6-7-14(10)16)19-15(18)12-4-2-11(9-17)3-5-12;3-2(4,5)1(6)7/h2-8H,9,17H2,1H3;(H,6,7). The lowest BCUT2D eigenvalue weighted by atomic mass is 10.1. The SMILES string of the molecule is Cc1cc(OC(=O)c2ccc(CN)cc2)ccc1F.O=C(O)C(F)(F)F. The Morgan fingerprint density at radius 1 is 1.12 bits per heavy atom. The zero-order chi connectivity index (χ0) is 19.9. The first-order valence-electron chi connectivity index (χ1n) is 7.12. The number of carboxylic acid groups (broad SMARTS) is 1. The third-order valence-corrected chi connectivity index (χ3v) is 3.01. The van der Waals surface area contributed by atoms with E-state index in [1.807, 2.05) is 0 Å². The minimum atomic E-state index is -5.08. The Morgan fingerprint density at radius 3 is 2.08 bits per heavy atom. The third-order valence-electron chi connectivity index (χ3n) is 3.01. The van der Waals surface area contributed by atoms with Crippen LogP contribution in [0.4, 0.5) is 17.6 Å². The summed E-state index contributed by atoms with van der Waals surface area (Å²) in [6.07, 6.45) is -5.08. The molecule has 0 saturated heterocycles. The van der Waals surface area contributed by atoms with Crippen molar-refractivity contribution in [2.75, 3.05) is 0 Å². The molecule has 0 radical (unpaired) electrons. The minimum Gasteiger partial charge on any atom is -0.475 e. The van der Waals surface area contributed by atoms with Crippen LogP contribution in [0.25, 0.3) is 0 Å². The molecule has 5 nitrogen and oxygen atoms in total. The van der Waals surface area contributed by atoms with Gasteiger partial charge < -0.3 is 15.6 Å². The zero-order valence-electron chi connectivity index (χ0n) is 13.5. The summed E-state index contributed by atoms with van der Waals surface area (Å²) in [6, 6.07) is 11.0. The number of nitrogens with two attached hydrogens (primary N) is 1. The summed E-state index contributed by atoms with van der Waals surface area (Å²) in [5, 5.41) is 7.12. The number of hydrogen-bond donors (Lipinski definition) is 2. The second kappa shape index (κ2) is 8.95. The van der Waals surface area contributed by atoms with Crippen LogP contribution >= 0.6 is 0 Å². The molecule has 0 bridgehead atoms. The molecule has 0 amide bonds. The Morgan fingerprint density at radius 2 is 1.65 bits per heavy atom. The summed E-state index contributed by atoms with van der Waals surface area (Å²) in [5.41, 5.74) is 7.28. The molecule has 26 heavy (non-hydrogen) atoms. The van der Waals surface area contributed by atoms with E-state index < -0.39 is 18.1 Å². The van der Waals surface area contributed by atoms with E-state index in [4.69, 9.17) is 20.4 Å². The van der Waals surface area contributed by atoms with Gasteiger partial charge >= 0.3 is 18.1 Å². The number of benzene rings is 2. The lowest BCUT2D eigenvalue weighted by Crippen LogP contribution is -2.21. The van der Waals surface area contributed by atoms with E-state index >= 15 is 0 Å². The molecule has 3 N–H and O–H groups in total. The fourth-order valence-corrected chi connectivity index (χ4v) is 1.62. The van der Waals surface area contributed by atoms with E-state index in [-0.39, 0.29) is 5.82 Å². The van der Waals surface area contributed by atoms with E-state index in [0.717, 1.165) is 5.56 Å². The molecule has 0 saturated carbocycles. The second-order valence-corrected chi connectivity index (χ2v) is 5.00. The van der Waals surface area contributed by atoms with Gasteiger partial charge in [-0.15, -0.1) is 0 Å². The summed E-state index contributed by atoms with van der Waals surface area (Å²) in [6.45, 7) is 2.04. The quantitative estimate of drug-likeness (QED) is 0.489. The Balaban J connectivity index is 0.000000412. The van der Waals surface area contributed by atoms with Gasteiger partial charge in [0.05, 0.1) is 5.56 Å². The third kappa shape index (κ3) is 6.52. The van der Waals surface area contributed by atoms with Crippen LogP contribution in [0, 0.1) is 12.7 Å². The number of carboxylic acids is 1. The molecule has 0 spiro atoms. The molecule has 0 heterocycles. The van der Waals surface area contributed by atoms with Crippen molar-refractivity contribution in [3.63, 3.8) is 0 Å². The topological polar surface area (TPSA) is 89.6 Å². The molecule has 0 aromatic heterocycles. The summed E-state index contributed by atoms with van der Waals surface area (Å²) in [7, 11) is 0. The summed E-state index contributed by atoms with van der Waals surface area (Å²) < 4.78 is 50.0. The van der Waals surface area contributed by atoms with Crippen LogP contribution in [0.2, 0.25) is 0 Å². The first-order valence-corrected chi connectivity index (χ1v) is 7.12. The zero-order valence-corrected chi connectivity index (χ0v) is 13.5. The van der Waals surface area contributed by atoms with Gasteiger partial charge in [-0.25, -0.2) is 14.0 Å². The first kappa shape index (κ1) is 21.1. The van der Waals surface area contributed by atoms with Crippen molar-refractivity contribution in [3.8, 4) is 5.75 Å². The van der Waals surface area contributed by atoms with Gasteiger partial charge in [-0.05, 0) is 48.4 Å². The number of rotatable bonds is 3. The minimum absolute atomic E-state index is 0.326. The molecule has 0 atom stereocenters. The molecule has 140 valence electrons. The number of hydrogen-bond acceptors (Lipinski definition) is 4. The lowest BCUT2D eigenvalue weighted by Gasteiger charge is -2.06. The average molecular weight is 373 g/mol. The van der Waals surface area contributed by atoms with Crippen LogP contribution in [0.3, 0.4) is 0 Å². The number of alkyl halides is 3. The largest absolute Gasteiger partial charge is 0.490 e. The van der Waals surface area contributed by atoms with Gasteiger partial charge in [0.1, 0.15) is 11.6 Å². The van der Waals surface area contributed by atoms with Crippen molar-refractivity contribution in [3.05, 3.63) is 65.0 Å². The normalized spacial score (nSPS) is 10.5. The molecule has 2 aromatic rings. The van der Waals surface area contributed by atoms with Gasteiger partial charge in [-0.1, -0.05) is 12.1 Å². The number of esters is 1. The fourth-order valence-electron chi connectivity index (χ4n) is 1.62. The number of aliphatic carboxylic acids is 1. The first-order chi connectivity index (χ1) is 12.0. The number of carbonyl (C=O) groups excluding carboxylic acids is 1. The van der Waals surface area contributed by atoms with Crippen molar-refractivity contribution in [2.24, 2.45) is 5.73 Å². The predicted octanol–water partition coefficient (Wildman–Crippen LogP) is 3.45. The number of ether oxygens (including phenoxy) is 1. The fraction of sp³-hybridized carbons (Fsp3) is 0.176. The van der Waals surface area contributed by atoms with E-state index in [1.54, 1.807) is 31.2 Å². The van der Waals surface area contributed by atoms with Crippen LogP contribution in [0.5, 0.6) is 5.75 Å². The Hall–Kier alpha value is -2.94. The Labute approximate surface area is 146 Å². The number of aryl methyl sites for hydroxylation is 1. The maximum Gasteiger partial charge on any atom is 0.490 e. The maximum atomic E-state index is 13.1. The molecule has 2 rings (SSSR count). The van der Waals surface area contributed by atoms with Gasteiger partial charge in [-0.2, -0.15) is 13.2 Å². The van der Waals surface area contributed by atoms with Crippen molar-refractivity contribution in [1.82, 2.24) is 0 Å². The molecule has 0 aliphatic carbocycles. The molecule has 2 aromatic carbocycles. The predicted molar refractivity (Wildman–Crippen MR) is 84.1 cm³/mol.